The number of aliphatic imine (C=N–C) groups is 1. The third-order valence-electron chi connectivity index (χ3n) is 4.35. The minimum Gasteiger partial charge on any atom is -0.457 e. The first-order chi connectivity index (χ1) is 12.7. The molecular weight excluding hydrogens is 350 g/mol. The topological polar surface area (TPSA) is 81.4 Å². The fraction of sp³-hybridized carbons (Fsp3) is 0.0526. The molecule has 5 rings (SSSR count). The van der Waals surface area contributed by atoms with Crippen molar-refractivity contribution in [1.82, 2.24) is 9.55 Å². The molecule has 0 amide bonds. The van der Waals surface area contributed by atoms with Crippen molar-refractivity contribution < 1.29 is 4.42 Å². The highest BCUT2D eigenvalue weighted by molar-refractivity contribution is 6.30. The van der Waals surface area contributed by atoms with E-state index in [9.17, 15) is 0 Å². The minimum absolute atomic E-state index is 0.308. The van der Waals surface area contributed by atoms with E-state index in [4.69, 9.17) is 21.8 Å². The van der Waals surface area contributed by atoms with Crippen LogP contribution in [0, 0.1) is 0 Å². The molecule has 6 nitrogen and oxygen atoms in total. The number of furan rings is 1. The molecule has 1 atom stereocenters. The van der Waals surface area contributed by atoms with E-state index in [2.05, 4.69) is 15.3 Å². The van der Waals surface area contributed by atoms with Crippen LogP contribution in [0.3, 0.4) is 0 Å². The quantitative estimate of drug-likeness (QED) is 0.558. The summed E-state index contributed by atoms with van der Waals surface area (Å²) in [4.78, 5) is 9.12. The Bertz CT molecular complexity index is 1140. The van der Waals surface area contributed by atoms with Crippen molar-refractivity contribution in [2.45, 2.75) is 6.17 Å². The van der Waals surface area contributed by atoms with Crippen LogP contribution in [-0.2, 0) is 0 Å². The second kappa shape index (κ2) is 5.64. The Balaban J connectivity index is 1.62. The molecule has 0 bridgehead atoms. The van der Waals surface area contributed by atoms with Crippen LogP contribution in [0.5, 0.6) is 0 Å². The van der Waals surface area contributed by atoms with Gasteiger partial charge in [0.15, 0.2) is 12.1 Å². The van der Waals surface area contributed by atoms with Crippen LogP contribution in [0.25, 0.3) is 22.4 Å². The van der Waals surface area contributed by atoms with Gasteiger partial charge in [-0.15, -0.1) is 0 Å². The van der Waals surface area contributed by atoms with Crippen molar-refractivity contribution in [2.24, 2.45) is 10.7 Å². The summed E-state index contributed by atoms with van der Waals surface area (Å²) in [7, 11) is 0. The van der Waals surface area contributed by atoms with Gasteiger partial charge in [0.25, 0.3) is 0 Å². The molecule has 1 aliphatic rings. The first kappa shape index (κ1) is 15.0. The molecule has 1 aliphatic heterocycles. The van der Waals surface area contributed by atoms with Crippen LogP contribution in [0.15, 0.2) is 70.1 Å². The summed E-state index contributed by atoms with van der Waals surface area (Å²) in [6.07, 6.45) is -0.417. The number of nitrogens with two attached hydrogens (primary N) is 1. The van der Waals surface area contributed by atoms with Crippen molar-refractivity contribution in [3.05, 3.63) is 71.4 Å². The van der Waals surface area contributed by atoms with Crippen LogP contribution in [0.1, 0.15) is 11.9 Å². The van der Waals surface area contributed by atoms with Gasteiger partial charge in [0, 0.05) is 10.6 Å². The maximum absolute atomic E-state index is 6.09. The molecule has 2 aromatic carbocycles. The number of imidazole rings is 1. The number of nitrogens with zero attached hydrogens (tertiary/aromatic N) is 3. The molecule has 3 heterocycles. The number of halogens is 1. The van der Waals surface area contributed by atoms with E-state index in [1.807, 2.05) is 65.2 Å². The Hall–Kier alpha value is -3.25. The molecule has 0 spiro atoms. The lowest BCUT2D eigenvalue weighted by atomic mass is 10.2. The number of guanidine groups is 1. The number of benzene rings is 2. The number of fused-ring (bicyclic) bond motifs is 3. The first-order valence-corrected chi connectivity index (χ1v) is 8.50. The molecule has 0 unspecified atom stereocenters. The molecule has 7 heteroatoms. The van der Waals surface area contributed by atoms with Crippen molar-refractivity contribution in [1.29, 1.82) is 0 Å². The van der Waals surface area contributed by atoms with Crippen molar-refractivity contribution in [3.63, 3.8) is 0 Å². The average molecular weight is 364 g/mol. The van der Waals surface area contributed by atoms with E-state index in [1.54, 1.807) is 0 Å². The summed E-state index contributed by atoms with van der Waals surface area (Å²) in [6.45, 7) is 0. The van der Waals surface area contributed by atoms with Gasteiger partial charge in [-0.3, -0.25) is 9.88 Å². The smallest absolute Gasteiger partial charge is 0.212 e. The number of hydrogen-bond acceptors (Lipinski definition) is 5. The van der Waals surface area contributed by atoms with Crippen molar-refractivity contribution in [2.75, 3.05) is 5.32 Å². The molecule has 4 aromatic rings. The van der Waals surface area contributed by atoms with Gasteiger partial charge in [0.1, 0.15) is 11.5 Å². The van der Waals surface area contributed by atoms with Gasteiger partial charge < -0.3 is 10.2 Å². The van der Waals surface area contributed by atoms with Crippen LogP contribution in [0.2, 0.25) is 5.02 Å². The van der Waals surface area contributed by atoms with Gasteiger partial charge in [-0.1, -0.05) is 23.7 Å². The summed E-state index contributed by atoms with van der Waals surface area (Å²) in [5.41, 5.74) is 8.74. The largest absolute Gasteiger partial charge is 0.457 e. The zero-order valence-corrected chi connectivity index (χ0v) is 14.3. The van der Waals surface area contributed by atoms with E-state index in [0.29, 0.717) is 22.7 Å². The van der Waals surface area contributed by atoms with Crippen molar-refractivity contribution >= 4 is 34.5 Å². The van der Waals surface area contributed by atoms with Crippen LogP contribution in [-0.4, -0.2) is 15.5 Å². The lowest BCUT2D eigenvalue weighted by molar-refractivity contribution is 0.449. The number of hydrogen-bond donors (Lipinski definition) is 2. The fourth-order valence-electron chi connectivity index (χ4n) is 3.17. The fourth-order valence-corrected chi connectivity index (χ4v) is 3.29. The number of anilines is 1. The second-order valence-corrected chi connectivity index (χ2v) is 6.45. The van der Waals surface area contributed by atoms with Gasteiger partial charge >= 0.3 is 0 Å². The Morgan fingerprint density at radius 3 is 2.69 bits per heavy atom. The molecular formula is C19H14ClN5O. The summed E-state index contributed by atoms with van der Waals surface area (Å²) in [5.74, 6) is 2.38. The van der Waals surface area contributed by atoms with E-state index in [-0.39, 0.29) is 0 Å². The standard InChI is InChI=1S/C19H14ClN5O/c20-12-7-5-11(6-8-12)15-9-10-16(26-15)17-23-18(21)24-19-22-13-3-1-2-4-14(13)25(17)19/h1-10,17H,(H3,21,22,23,24)/t17-/m1/s1. The highest BCUT2D eigenvalue weighted by Gasteiger charge is 2.27. The molecule has 0 saturated heterocycles. The molecule has 0 saturated carbocycles. The lowest BCUT2D eigenvalue weighted by Gasteiger charge is -2.21. The third-order valence-corrected chi connectivity index (χ3v) is 4.60. The summed E-state index contributed by atoms with van der Waals surface area (Å²) in [6, 6.07) is 19.2. The highest BCUT2D eigenvalue weighted by atomic mass is 35.5. The molecule has 128 valence electrons. The summed E-state index contributed by atoms with van der Waals surface area (Å²) < 4.78 is 8.07. The van der Waals surface area contributed by atoms with E-state index in [0.717, 1.165) is 22.4 Å². The van der Waals surface area contributed by atoms with Gasteiger partial charge in [-0.2, -0.15) is 0 Å². The molecule has 26 heavy (non-hydrogen) atoms. The summed E-state index contributed by atoms with van der Waals surface area (Å²) in [5, 5.41) is 3.70. The van der Waals surface area contributed by atoms with Crippen molar-refractivity contribution in [3.8, 4) is 11.3 Å². The van der Waals surface area contributed by atoms with Gasteiger partial charge in [0.2, 0.25) is 5.95 Å². The predicted octanol–water partition coefficient (Wildman–Crippen LogP) is 4.24. The zero-order chi connectivity index (χ0) is 17.7. The average Bonchev–Trinajstić information content (AvgIpc) is 3.26. The second-order valence-electron chi connectivity index (χ2n) is 6.02. The number of aromatic nitrogens is 2. The van der Waals surface area contributed by atoms with E-state index < -0.39 is 6.17 Å². The van der Waals surface area contributed by atoms with Crippen LogP contribution >= 0.6 is 11.6 Å². The Morgan fingerprint density at radius 2 is 1.85 bits per heavy atom. The molecule has 3 N–H and O–H groups in total. The Labute approximate surface area is 153 Å². The highest BCUT2D eigenvalue weighted by Crippen LogP contribution is 2.34. The van der Waals surface area contributed by atoms with Crippen LogP contribution in [0.4, 0.5) is 5.95 Å². The first-order valence-electron chi connectivity index (χ1n) is 8.12. The predicted molar refractivity (Wildman–Crippen MR) is 102 cm³/mol. The van der Waals surface area contributed by atoms with Crippen LogP contribution < -0.4 is 11.1 Å². The molecule has 0 aliphatic carbocycles. The molecule has 0 radical (unpaired) electrons. The minimum atomic E-state index is -0.417. The Kier molecular flexibility index (Phi) is 3.26. The number of nitrogens with one attached hydrogen (secondary N) is 1. The van der Waals surface area contributed by atoms with Gasteiger partial charge in [-0.05, 0) is 48.5 Å². The van der Waals surface area contributed by atoms with Gasteiger partial charge in [-0.25, -0.2) is 9.98 Å². The van der Waals surface area contributed by atoms with Gasteiger partial charge in [0.05, 0.1) is 11.0 Å². The van der Waals surface area contributed by atoms with E-state index >= 15 is 0 Å². The monoisotopic (exact) mass is 363 g/mol. The normalized spacial score (nSPS) is 16.2. The number of para-hydroxylation sites is 2. The number of rotatable bonds is 2. The molecule has 2 aromatic heterocycles. The Morgan fingerprint density at radius 1 is 1.04 bits per heavy atom. The zero-order valence-electron chi connectivity index (χ0n) is 13.6. The van der Waals surface area contributed by atoms with E-state index in [1.165, 1.54) is 0 Å². The lowest BCUT2D eigenvalue weighted by Crippen LogP contribution is -2.31. The maximum atomic E-state index is 6.09. The molecule has 0 fully saturated rings. The maximum Gasteiger partial charge on any atom is 0.212 e. The SMILES string of the molecule is NC1=N[C@@H](c2ccc(-c3ccc(Cl)cc3)o2)n2c(nc3ccccc32)N1. The summed E-state index contributed by atoms with van der Waals surface area (Å²) >= 11 is 5.96. The third kappa shape index (κ3) is 2.34.